The predicted octanol–water partition coefficient (Wildman–Crippen LogP) is 7.58. The molecule has 238 valence electrons. The Balaban J connectivity index is 0.000000168. The molecule has 0 atom stereocenters. The average molecular weight is 640 g/mol. The van der Waals surface area contributed by atoms with Crippen LogP contribution in [0.2, 0.25) is 0 Å². The molecule has 0 bridgehead atoms. The molecule has 0 amide bonds. The summed E-state index contributed by atoms with van der Waals surface area (Å²) in [7, 11) is -1.94. The first-order valence-corrected chi connectivity index (χ1v) is 19.5. The maximum atomic E-state index is 2.34. The van der Waals surface area contributed by atoms with Crippen molar-refractivity contribution in [3.63, 3.8) is 0 Å². The molecule has 7 rings (SSSR count). The van der Waals surface area contributed by atoms with Crippen molar-refractivity contribution in [1.82, 2.24) is 0 Å². The Morgan fingerprint density at radius 3 is 0.792 bits per heavy atom. The number of hydrogen-bond donors (Lipinski definition) is 0. The van der Waals surface area contributed by atoms with Crippen molar-refractivity contribution in [2.45, 2.75) is 19.8 Å². The van der Waals surface area contributed by atoms with Crippen LogP contribution in [0.25, 0.3) is 0 Å². The van der Waals surface area contributed by atoms with Gasteiger partial charge < -0.3 is 0 Å². The molecule has 2 heteroatoms. The fourth-order valence-electron chi connectivity index (χ4n) is 7.66. The monoisotopic (exact) mass is 639 g/mol. The van der Waals surface area contributed by atoms with Gasteiger partial charge in [0.05, 0.1) is 0 Å². The van der Waals surface area contributed by atoms with Crippen molar-refractivity contribution in [3.8, 4) is 0 Å². The van der Waals surface area contributed by atoms with E-state index in [1.54, 1.807) is 0 Å². The first-order chi connectivity index (χ1) is 23.8. The van der Waals surface area contributed by atoms with E-state index in [0.717, 1.165) is 0 Å². The Labute approximate surface area is 288 Å². The predicted molar refractivity (Wildman–Crippen MR) is 216 cm³/mol. The van der Waals surface area contributed by atoms with Gasteiger partial charge in [-0.05, 0) is 0 Å². The maximum Gasteiger partial charge on any atom is 0.108 e. The third-order valence-corrected chi connectivity index (χ3v) is 15.0. The van der Waals surface area contributed by atoms with Gasteiger partial charge in [-0.1, -0.05) is 121 Å². The van der Waals surface area contributed by atoms with Crippen LogP contribution in [0.4, 0.5) is 0 Å². The standard InChI is InChI=1S/C24H20B.C22H25P/c1-5-13-21(14-6-1)25(22-15-7-2-8-16-22,23-17-9-3-10-18-23)24-19-11-4-12-20-24;1-2-3-19-23(20-13-7-4-8-14-20,21-15-9-5-10-16-21)22-17-11-6-12-18-22/h1-20H;4-18,23H,2-3,19H2,1H3/q-1;. The first-order valence-electron chi connectivity index (χ1n) is 17.3. The number of rotatable bonds is 10. The van der Waals surface area contributed by atoms with Crippen molar-refractivity contribution in [2.24, 2.45) is 0 Å². The average Bonchev–Trinajstić information content (AvgIpc) is 3.19. The molecule has 0 unspecified atom stereocenters. The summed E-state index contributed by atoms with van der Waals surface area (Å²) in [4.78, 5) is 0. The Kier molecular flexibility index (Phi) is 11.1. The molecule has 0 nitrogen and oxygen atoms in total. The molecule has 0 fully saturated rings. The summed E-state index contributed by atoms with van der Waals surface area (Å²) in [5.74, 6) is 0. The Hall–Kier alpha value is -4.97. The van der Waals surface area contributed by atoms with Gasteiger partial charge in [-0.25, -0.2) is 0 Å². The van der Waals surface area contributed by atoms with E-state index < -0.39 is 13.4 Å². The minimum Gasteiger partial charge on any atom is -0.195 e. The number of benzene rings is 7. The van der Waals surface area contributed by atoms with Crippen LogP contribution in [0.3, 0.4) is 0 Å². The zero-order valence-corrected chi connectivity index (χ0v) is 28.9. The molecule has 0 saturated carbocycles. The van der Waals surface area contributed by atoms with Crippen LogP contribution in [-0.2, 0) is 0 Å². The summed E-state index contributed by atoms with van der Waals surface area (Å²) in [6.07, 6.45) is 2.56. The van der Waals surface area contributed by atoms with Crippen LogP contribution >= 0.6 is 7.26 Å². The van der Waals surface area contributed by atoms with E-state index in [9.17, 15) is 0 Å². The molecule has 0 aromatic heterocycles. The summed E-state index contributed by atoms with van der Waals surface area (Å²) in [5.41, 5.74) is 5.36. The molecular formula is C46H45BP-. The summed E-state index contributed by atoms with van der Waals surface area (Å²) in [5, 5.41) is 4.56. The van der Waals surface area contributed by atoms with Crippen LogP contribution in [0, 0.1) is 0 Å². The third-order valence-electron chi connectivity index (χ3n) is 9.90. The minimum absolute atomic E-state index is 1.22. The van der Waals surface area contributed by atoms with Crippen molar-refractivity contribution < 1.29 is 0 Å². The van der Waals surface area contributed by atoms with E-state index >= 15 is 0 Å². The number of unbranched alkanes of at least 4 members (excludes halogenated alkanes) is 1. The Bertz CT molecular complexity index is 1650. The second-order valence-corrected chi connectivity index (χ2v) is 16.7. The molecule has 0 radical (unpaired) electrons. The second kappa shape index (κ2) is 16.2. The van der Waals surface area contributed by atoms with Gasteiger partial charge >= 0.3 is 140 Å². The topological polar surface area (TPSA) is 0 Å². The van der Waals surface area contributed by atoms with Crippen LogP contribution in [0.1, 0.15) is 19.8 Å². The molecule has 0 aliphatic carbocycles. The molecule has 7 aromatic rings. The fourth-order valence-corrected chi connectivity index (χ4v) is 12.7. The van der Waals surface area contributed by atoms with Gasteiger partial charge in [0.15, 0.2) is 0 Å². The molecule has 0 aliphatic rings. The van der Waals surface area contributed by atoms with Gasteiger partial charge in [-0.15, -0.1) is 0 Å². The summed E-state index contributed by atoms with van der Waals surface area (Å²) in [6, 6.07) is 77.0. The molecule has 0 spiro atoms. The van der Waals surface area contributed by atoms with Gasteiger partial charge in [0.25, 0.3) is 0 Å². The second-order valence-electron chi connectivity index (χ2n) is 12.6. The molecular weight excluding hydrogens is 594 g/mol. The van der Waals surface area contributed by atoms with Crippen molar-refractivity contribution in [2.75, 3.05) is 6.16 Å². The van der Waals surface area contributed by atoms with Gasteiger partial charge in [-0.2, -0.15) is 21.9 Å². The van der Waals surface area contributed by atoms with Gasteiger partial charge in [0.1, 0.15) is 6.15 Å². The quantitative estimate of drug-likeness (QED) is 0.107. The number of hydrogen-bond acceptors (Lipinski definition) is 0. The zero-order chi connectivity index (χ0) is 32.9. The summed E-state index contributed by atoms with van der Waals surface area (Å²) >= 11 is 0. The van der Waals surface area contributed by atoms with Crippen LogP contribution in [-0.4, -0.2) is 12.3 Å². The van der Waals surface area contributed by atoms with E-state index in [-0.39, 0.29) is 0 Å². The van der Waals surface area contributed by atoms with Crippen molar-refractivity contribution in [3.05, 3.63) is 212 Å². The molecule has 7 aromatic carbocycles. The molecule has 0 aliphatic heterocycles. The molecule has 0 saturated heterocycles. The van der Waals surface area contributed by atoms with Gasteiger partial charge in [-0.3, -0.25) is 0 Å². The largest absolute Gasteiger partial charge is 0.195 e. The fraction of sp³-hybridized carbons (Fsp3) is 0.0870. The Morgan fingerprint density at radius 1 is 0.333 bits per heavy atom. The van der Waals surface area contributed by atoms with Crippen LogP contribution in [0.5, 0.6) is 0 Å². The SMILES string of the molecule is CCCC[PH](c1ccccc1)(c1ccccc1)c1ccccc1.c1ccc([B-](c2ccccc2)(c2ccccc2)c2ccccc2)cc1. The smallest absolute Gasteiger partial charge is 0.108 e. The van der Waals surface area contributed by atoms with Crippen molar-refractivity contribution in [1.29, 1.82) is 0 Å². The van der Waals surface area contributed by atoms with Crippen LogP contribution < -0.4 is 37.8 Å². The summed E-state index contributed by atoms with van der Waals surface area (Å²) in [6.45, 7) is 2.29. The van der Waals surface area contributed by atoms with Crippen LogP contribution in [0.15, 0.2) is 212 Å². The normalized spacial score (nSPS) is 11.6. The van der Waals surface area contributed by atoms with E-state index in [2.05, 4.69) is 219 Å². The first kappa shape index (κ1) is 33.0. The van der Waals surface area contributed by atoms with Gasteiger partial charge in [0.2, 0.25) is 0 Å². The minimum atomic E-state index is -1.94. The van der Waals surface area contributed by atoms with E-state index in [1.807, 2.05) is 0 Å². The maximum absolute atomic E-state index is 2.34. The van der Waals surface area contributed by atoms with Gasteiger partial charge in [0, 0.05) is 0 Å². The van der Waals surface area contributed by atoms with Crippen molar-refractivity contribution >= 4 is 51.2 Å². The Morgan fingerprint density at radius 2 is 0.562 bits per heavy atom. The van der Waals surface area contributed by atoms with E-state index in [4.69, 9.17) is 0 Å². The molecule has 0 heterocycles. The summed E-state index contributed by atoms with van der Waals surface area (Å²) < 4.78 is 0. The van der Waals surface area contributed by atoms with E-state index in [1.165, 1.54) is 56.8 Å². The zero-order valence-electron chi connectivity index (χ0n) is 27.9. The molecule has 0 N–H and O–H groups in total. The third kappa shape index (κ3) is 6.84. The molecule has 48 heavy (non-hydrogen) atoms. The van der Waals surface area contributed by atoms with E-state index in [0.29, 0.717) is 0 Å².